The van der Waals surface area contributed by atoms with E-state index in [1.807, 2.05) is 18.2 Å². The number of hydrogen-bond donors (Lipinski definition) is 2. The molecule has 0 heterocycles. The molecule has 0 aliphatic heterocycles. The van der Waals surface area contributed by atoms with Crippen LogP contribution in [0.15, 0.2) is 24.3 Å². The molecule has 2 unspecified atom stereocenters. The second-order valence-corrected chi connectivity index (χ2v) is 6.64. The van der Waals surface area contributed by atoms with Crippen LogP contribution >= 0.6 is 7.60 Å². The van der Waals surface area contributed by atoms with Gasteiger partial charge in [0.1, 0.15) is 7.60 Å². The number of fused-ring (bicyclic) bond motifs is 1. The summed E-state index contributed by atoms with van der Waals surface area (Å²) in [4.78, 5) is 19.6. The molecular formula is C12H17NNa2O3P. The molecule has 1 aromatic rings. The van der Waals surface area contributed by atoms with Gasteiger partial charge in [0, 0.05) is 41.3 Å². The van der Waals surface area contributed by atoms with Gasteiger partial charge < -0.3 is 20.1 Å². The van der Waals surface area contributed by atoms with E-state index in [9.17, 15) is 9.46 Å². The Morgan fingerprint density at radius 2 is 1.95 bits per heavy atom. The first-order chi connectivity index (χ1) is 7.88. The van der Waals surface area contributed by atoms with Gasteiger partial charge in [0.05, 0.1) is 0 Å². The van der Waals surface area contributed by atoms with Crippen molar-refractivity contribution in [1.82, 2.24) is 0 Å². The molecule has 1 radical (unpaired) electrons. The first-order valence-corrected chi connectivity index (χ1v) is 7.53. The number of rotatable bonds is 3. The molecule has 7 heteroatoms. The molecule has 1 aliphatic carbocycles. The molecule has 0 bridgehead atoms. The fourth-order valence-electron chi connectivity index (χ4n) is 2.40. The monoisotopic (exact) mass is 300 g/mol. The molecule has 2 atom stereocenters. The van der Waals surface area contributed by atoms with Crippen LogP contribution in [0.1, 0.15) is 24.0 Å². The molecule has 0 fully saturated rings. The summed E-state index contributed by atoms with van der Waals surface area (Å²) >= 11 is 0. The van der Waals surface area contributed by atoms with Crippen LogP contribution in [0.2, 0.25) is 0 Å². The Kier molecular flexibility index (Phi) is 8.66. The van der Waals surface area contributed by atoms with Crippen LogP contribution in [0.4, 0.5) is 0 Å². The quantitative estimate of drug-likeness (QED) is 0.475. The summed E-state index contributed by atoms with van der Waals surface area (Å²) in [5, 5.41) is 0. The number of hydrogen-bond acceptors (Lipinski definition) is 3. The zero-order valence-corrected chi connectivity index (χ0v) is 16.5. The summed E-state index contributed by atoms with van der Waals surface area (Å²) in [5.41, 5.74) is 8.20. The summed E-state index contributed by atoms with van der Waals surface area (Å²) in [6, 6.07) is 8.09. The maximum Gasteiger partial charge on any atom is 1.00 e. The van der Waals surface area contributed by atoms with Gasteiger partial charge in [-0.1, -0.05) is 24.3 Å². The minimum Gasteiger partial charge on any atom is -0.779 e. The summed E-state index contributed by atoms with van der Waals surface area (Å²) in [5.74, 6) is 0. The smallest absolute Gasteiger partial charge is 0.779 e. The molecule has 0 amide bonds. The van der Waals surface area contributed by atoms with Crippen LogP contribution in [0.3, 0.4) is 0 Å². The minimum absolute atomic E-state index is 0. The van der Waals surface area contributed by atoms with Gasteiger partial charge >= 0.3 is 29.6 Å². The van der Waals surface area contributed by atoms with E-state index in [4.69, 9.17) is 10.6 Å². The third-order valence-corrected chi connectivity index (χ3v) is 4.23. The van der Waals surface area contributed by atoms with E-state index in [-0.39, 0.29) is 65.3 Å². The summed E-state index contributed by atoms with van der Waals surface area (Å²) in [6.07, 6.45) is 2.42. The zero-order chi connectivity index (χ0) is 12.5. The SMILES string of the molecule is NC1(CCP(=O)([O-])O)CCc2ccccc2C1.[Na+].[Na]. The standard InChI is InChI=1S/C12H18NO3P.2Na/c13-12(7-8-17(14,15)16)6-5-10-3-1-2-4-11(10)9-12;;/h1-4H,5-9,13H2,(H2,14,15,16);;/q;;+1/p-1. The van der Waals surface area contributed by atoms with Crippen molar-refractivity contribution < 1.29 is 43.9 Å². The maximum atomic E-state index is 10.8. The van der Waals surface area contributed by atoms with Gasteiger partial charge in [-0.05, 0) is 36.8 Å². The van der Waals surface area contributed by atoms with Gasteiger partial charge in [0.25, 0.3) is 0 Å². The molecule has 1 aromatic carbocycles. The zero-order valence-electron chi connectivity index (χ0n) is 11.6. The predicted molar refractivity (Wildman–Crippen MR) is 70.4 cm³/mol. The van der Waals surface area contributed by atoms with Crippen LogP contribution in [-0.4, -0.2) is 46.2 Å². The van der Waals surface area contributed by atoms with E-state index < -0.39 is 13.1 Å². The molecule has 0 spiro atoms. The fourth-order valence-corrected chi connectivity index (χ4v) is 3.13. The Morgan fingerprint density at radius 1 is 1.37 bits per heavy atom. The van der Waals surface area contributed by atoms with Gasteiger partial charge in [0.15, 0.2) is 0 Å². The fraction of sp³-hybridized carbons (Fsp3) is 0.500. The van der Waals surface area contributed by atoms with Crippen LogP contribution in [0, 0.1) is 0 Å². The molecule has 3 N–H and O–H groups in total. The van der Waals surface area contributed by atoms with Gasteiger partial charge in [-0.15, -0.1) is 0 Å². The first kappa shape index (κ1) is 20.3. The third kappa shape index (κ3) is 6.31. The van der Waals surface area contributed by atoms with Crippen molar-refractivity contribution in [3.05, 3.63) is 35.4 Å². The number of nitrogens with two attached hydrogens (primary N) is 1. The van der Waals surface area contributed by atoms with Crippen LogP contribution in [-0.2, 0) is 17.4 Å². The molecule has 1 aliphatic rings. The number of aryl methyl sites for hydroxylation is 1. The Bertz CT molecular complexity index is 466. The Morgan fingerprint density at radius 3 is 2.53 bits per heavy atom. The minimum atomic E-state index is -4.19. The van der Waals surface area contributed by atoms with Crippen molar-refractivity contribution in [3.8, 4) is 0 Å². The van der Waals surface area contributed by atoms with E-state index in [0.717, 1.165) is 12.8 Å². The van der Waals surface area contributed by atoms with E-state index in [0.29, 0.717) is 12.8 Å². The van der Waals surface area contributed by atoms with Crippen LogP contribution in [0.25, 0.3) is 0 Å². The Labute approximate surface area is 158 Å². The second kappa shape index (κ2) is 8.09. The maximum absolute atomic E-state index is 10.8. The number of benzene rings is 1. The molecule has 0 saturated carbocycles. The van der Waals surface area contributed by atoms with Crippen molar-refractivity contribution in [3.63, 3.8) is 0 Å². The molecule has 4 nitrogen and oxygen atoms in total. The van der Waals surface area contributed by atoms with Crippen molar-refractivity contribution in [2.45, 2.75) is 31.2 Å². The Balaban J connectivity index is 0.00000162. The second-order valence-electron chi connectivity index (χ2n) is 4.92. The van der Waals surface area contributed by atoms with Crippen molar-refractivity contribution in [2.24, 2.45) is 5.73 Å². The van der Waals surface area contributed by atoms with E-state index >= 15 is 0 Å². The van der Waals surface area contributed by atoms with Crippen molar-refractivity contribution in [1.29, 1.82) is 0 Å². The van der Waals surface area contributed by atoms with Crippen molar-refractivity contribution >= 4 is 37.2 Å². The summed E-state index contributed by atoms with van der Waals surface area (Å²) in [6.45, 7) is 0. The van der Waals surface area contributed by atoms with Gasteiger partial charge in [-0.3, -0.25) is 0 Å². The Hall–Kier alpha value is 1.33. The predicted octanol–water partition coefficient (Wildman–Crippen LogP) is -2.57. The molecule has 0 aromatic heterocycles. The van der Waals surface area contributed by atoms with Gasteiger partial charge in [-0.2, -0.15) is 0 Å². The molecule has 0 saturated heterocycles. The summed E-state index contributed by atoms with van der Waals surface area (Å²) < 4.78 is 10.8. The average Bonchev–Trinajstić information content (AvgIpc) is 2.26. The van der Waals surface area contributed by atoms with E-state index in [1.165, 1.54) is 11.1 Å². The summed E-state index contributed by atoms with van der Waals surface area (Å²) in [7, 11) is -4.19. The van der Waals surface area contributed by atoms with Crippen LogP contribution in [0.5, 0.6) is 0 Å². The van der Waals surface area contributed by atoms with Gasteiger partial charge in [0.2, 0.25) is 0 Å². The average molecular weight is 300 g/mol. The molecule has 95 valence electrons. The van der Waals surface area contributed by atoms with Gasteiger partial charge in [-0.25, -0.2) is 0 Å². The molecular weight excluding hydrogens is 283 g/mol. The molecule has 19 heavy (non-hydrogen) atoms. The first-order valence-electron chi connectivity index (χ1n) is 5.77. The third-order valence-electron chi connectivity index (χ3n) is 3.45. The van der Waals surface area contributed by atoms with E-state index in [2.05, 4.69) is 6.07 Å². The van der Waals surface area contributed by atoms with Crippen molar-refractivity contribution in [2.75, 3.05) is 6.16 Å². The largest absolute Gasteiger partial charge is 1.00 e. The normalized spacial score (nSPS) is 24.4. The van der Waals surface area contributed by atoms with Crippen LogP contribution < -0.4 is 40.2 Å². The molecule has 2 rings (SSSR count). The topological polar surface area (TPSA) is 86.4 Å². The van der Waals surface area contributed by atoms with E-state index in [1.54, 1.807) is 0 Å².